The molecule has 0 aliphatic heterocycles. The van der Waals surface area contributed by atoms with Gasteiger partial charge in [0.1, 0.15) is 11.8 Å². The van der Waals surface area contributed by atoms with Crippen molar-refractivity contribution in [3.63, 3.8) is 0 Å². The van der Waals surface area contributed by atoms with Gasteiger partial charge in [-0.15, -0.1) is 0 Å². The molecule has 5 nitrogen and oxygen atoms in total. The minimum absolute atomic E-state index is 0.152. The number of carboxylic acid groups (broad SMARTS) is 1. The van der Waals surface area contributed by atoms with E-state index in [9.17, 15) is 9.59 Å². The van der Waals surface area contributed by atoms with Gasteiger partial charge in [-0.2, -0.15) is 0 Å². The SMILES string of the molecule is CCCCC(NC(=O)Cc1cccc(OCCC)c1)C(=O)O. The summed E-state index contributed by atoms with van der Waals surface area (Å²) in [5, 5.41) is 11.7. The van der Waals surface area contributed by atoms with E-state index in [2.05, 4.69) is 5.32 Å². The Morgan fingerprint density at radius 2 is 2.05 bits per heavy atom. The minimum Gasteiger partial charge on any atom is -0.494 e. The highest BCUT2D eigenvalue weighted by molar-refractivity contribution is 5.84. The van der Waals surface area contributed by atoms with Crippen LogP contribution in [0.1, 0.15) is 45.1 Å². The Bertz CT molecular complexity index is 487. The van der Waals surface area contributed by atoms with Gasteiger partial charge in [-0.25, -0.2) is 4.79 Å². The maximum atomic E-state index is 12.0. The molecule has 0 spiro atoms. The number of benzene rings is 1. The minimum atomic E-state index is -0.984. The summed E-state index contributed by atoms with van der Waals surface area (Å²) in [6.07, 6.45) is 3.20. The Kier molecular flexibility index (Phi) is 8.04. The average Bonchev–Trinajstić information content (AvgIpc) is 2.49. The van der Waals surface area contributed by atoms with Crippen LogP contribution in [-0.4, -0.2) is 29.6 Å². The molecule has 0 heterocycles. The Labute approximate surface area is 131 Å². The first-order valence-corrected chi connectivity index (χ1v) is 7.80. The zero-order valence-corrected chi connectivity index (χ0v) is 13.3. The van der Waals surface area contributed by atoms with E-state index in [0.717, 1.165) is 30.6 Å². The Hall–Kier alpha value is -2.04. The molecule has 1 aromatic carbocycles. The third-order valence-corrected chi connectivity index (χ3v) is 3.22. The van der Waals surface area contributed by atoms with Crippen LogP contribution in [0.5, 0.6) is 5.75 Å². The van der Waals surface area contributed by atoms with E-state index in [0.29, 0.717) is 13.0 Å². The van der Waals surface area contributed by atoms with Crippen molar-refractivity contribution in [2.75, 3.05) is 6.61 Å². The Morgan fingerprint density at radius 1 is 1.27 bits per heavy atom. The highest BCUT2D eigenvalue weighted by atomic mass is 16.5. The van der Waals surface area contributed by atoms with Gasteiger partial charge in [-0.3, -0.25) is 4.79 Å². The number of unbranched alkanes of at least 4 members (excludes halogenated alkanes) is 1. The average molecular weight is 307 g/mol. The van der Waals surface area contributed by atoms with Crippen LogP contribution in [0, 0.1) is 0 Å². The molecule has 0 saturated heterocycles. The number of aliphatic carboxylic acids is 1. The van der Waals surface area contributed by atoms with E-state index < -0.39 is 12.0 Å². The van der Waals surface area contributed by atoms with Crippen molar-refractivity contribution >= 4 is 11.9 Å². The molecule has 5 heteroatoms. The van der Waals surface area contributed by atoms with Gasteiger partial charge in [0.15, 0.2) is 0 Å². The van der Waals surface area contributed by atoms with Gasteiger partial charge >= 0.3 is 5.97 Å². The number of carbonyl (C=O) groups excluding carboxylic acids is 1. The molecule has 1 unspecified atom stereocenters. The van der Waals surface area contributed by atoms with Crippen molar-refractivity contribution in [2.45, 2.75) is 52.0 Å². The molecule has 0 aliphatic carbocycles. The second-order valence-electron chi connectivity index (χ2n) is 5.27. The number of nitrogens with one attached hydrogen (secondary N) is 1. The van der Waals surface area contributed by atoms with Crippen molar-refractivity contribution in [2.24, 2.45) is 0 Å². The van der Waals surface area contributed by atoms with Crippen LogP contribution in [0.2, 0.25) is 0 Å². The van der Waals surface area contributed by atoms with Crippen LogP contribution in [0.3, 0.4) is 0 Å². The van der Waals surface area contributed by atoms with Crippen LogP contribution >= 0.6 is 0 Å². The second-order valence-corrected chi connectivity index (χ2v) is 5.27. The van der Waals surface area contributed by atoms with Crippen LogP contribution in [0.15, 0.2) is 24.3 Å². The van der Waals surface area contributed by atoms with Crippen molar-refractivity contribution < 1.29 is 19.4 Å². The zero-order chi connectivity index (χ0) is 16.4. The van der Waals surface area contributed by atoms with Crippen molar-refractivity contribution in [3.05, 3.63) is 29.8 Å². The summed E-state index contributed by atoms with van der Waals surface area (Å²) >= 11 is 0. The molecule has 0 aromatic heterocycles. The molecule has 1 amide bonds. The van der Waals surface area contributed by atoms with E-state index in [1.54, 1.807) is 0 Å². The maximum absolute atomic E-state index is 12.0. The van der Waals surface area contributed by atoms with Crippen LogP contribution in [0.4, 0.5) is 0 Å². The molecular formula is C17H25NO4. The van der Waals surface area contributed by atoms with Gasteiger partial charge in [-0.1, -0.05) is 38.8 Å². The number of rotatable bonds is 10. The van der Waals surface area contributed by atoms with E-state index >= 15 is 0 Å². The lowest BCUT2D eigenvalue weighted by atomic mass is 10.1. The number of hydrogen-bond donors (Lipinski definition) is 2. The summed E-state index contributed by atoms with van der Waals surface area (Å²) in [5.74, 6) is -0.536. The molecule has 2 N–H and O–H groups in total. The summed E-state index contributed by atoms with van der Waals surface area (Å²) in [4.78, 5) is 23.1. The lowest BCUT2D eigenvalue weighted by molar-refractivity contribution is -0.142. The predicted molar refractivity (Wildman–Crippen MR) is 85.0 cm³/mol. The summed E-state index contributed by atoms with van der Waals surface area (Å²) < 4.78 is 5.52. The predicted octanol–water partition coefficient (Wildman–Crippen LogP) is 2.78. The molecule has 0 radical (unpaired) electrons. The van der Waals surface area contributed by atoms with E-state index in [1.165, 1.54) is 0 Å². The third-order valence-electron chi connectivity index (χ3n) is 3.22. The molecule has 122 valence electrons. The Balaban J connectivity index is 2.57. The lowest BCUT2D eigenvalue weighted by Crippen LogP contribution is -2.41. The fourth-order valence-electron chi connectivity index (χ4n) is 2.06. The summed E-state index contributed by atoms with van der Waals surface area (Å²) in [5.41, 5.74) is 0.811. The molecule has 0 bridgehead atoms. The fourth-order valence-corrected chi connectivity index (χ4v) is 2.06. The molecule has 1 atom stereocenters. The first-order valence-electron chi connectivity index (χ1n) is 7.80. The molecule has 1 aromatic rings. The maximum Gasteiger partial charge on any atom is 0.326 e. The van der Waals surface area contributed by atoms with E-state index in [1.807, 2.05) is 38.1 Å². The first kappa shape index (κ1) is 18.0. The monoisotopic (exact) mass is 307 g/mol. The molecule has 22 heavy (non-hydrogen) atoms. The summed E-state index contributed by atoms with van der Waals surface area (Å²) in [6.45, 7) is 4.65. The second kappa shape index (κ2) is 9.82. The standard InChI is InChI=1S/C17H25NO4/c1-3-5-9-15(17(20)21)18-16(19)12-13-7-6-8-14(11-13)22-10-4-2/h6-8,11,15H,3-5,9-10,12H2,1-2H3,(H,18,19)(H,20,21). The number of carbonyl (C=O) groups is 2. The van der Waals surface area contributed by atoms with Gasteiger partial charge < -0.3 is 15.2 Å². The van der Waals surface area contributed by atoms with Gasteiger partial charge in [0.25, 0.3) is 0 Å². The summed E-state index contributed by atoms with van der Waals surface area (Å²) in [7, 11) is 0. The topological polar surface area (TPSA) is 75.6 Å². The van der Waals surface area contributed by atoms with Crippen LogP contribution < -0.4 is 10.1 Å². The lowest BCUT2D eigenvalue weighted by Gasteiger charge is -2.14. The Morgan fingerprint density at radius 3 is 2.68 bits per heavy atom. The molecule has 0 aliphatic rings. The van der Waals surface area contributed by atoms with Gasteiger partial charge in [0.05, 0.1) is 13.0 Å². The first-order chi connectivity index (χ1) is 10.6. The largest absolute Gasteiger partial charge is 0.494 e. The zero-order valence-electron chi connectivity index (χ0n) is 13.3. The number of carboxylic acids is 1. The van der Waals surface area contributed by atoms with Crippen LogP contribution in [0.25, 0.3) is 0 Å². The van der Waals surface area contributed by atoms with Gasteiger partial charge in [0, 0.05) is 0 Å². The van der Waals surface area contributed by atoms with Gasteiger partial charge in [-0.05, 0) is 30.5 Å². The smallest absolute Gasteiger partial charge is 0.326 e. The molecular weight excluding hydrogens is 282 g/mol. The number of ether oxygens (including phenoxy) is 1. The van der Waals surface area contributed by atoms with E-state index in [-0.39, 0.29) is 12.3 Å². The van der Waals surface area contributed by atoms with Gasteiger partial charge in [0.2, 0.25) is 5.91 Å². The molecule has 0 fully saturated rings. The van der Waals surface area contributed by atoms with Crippen molar-refractivity contribution in [1.29, 1.82) is 0 Å². The highest BCUT2D eigenvalue weighted by Gasteiger charge is 2.19. The number of amides is 1. The molecule has 1 rings (SSSR count). The summed E-state index contributed by atoms with van der Waals surface area (Å²) in [6, 6.07) is 6.52. The third kappa shape index (κ3) is 6.61. The highest BCUT2D eigenvalue weighted by Crippen LogP contribution is 2.14. The fraction of sp³-hybridized carbons (Fsp3) is 0.529. The van der Waals surface area contributed by atoms with Crippen LogP contribution in [-0.2, 0) is 16.0 Å². The molecule has 0 saturated carbocycles. The normalized spacial score (nSPS) is 11.7. The quantitative estimate of drug-likeness (QED) is 0.697. The van der Waals surface area contributed by atoms with E-state index in [4.69, 9.17) is 9.84 Å². The number of hydrogen-bond acceptors (Lipinski definition) is 3. The van der Waals surface area contributed by atoms with Crippen molar-refractivity contribution in [1.82, 2.24) is 5.32 Å². The van der Waals surface area contributed by atoms with Crippen molar-refractivity contribution in [3.8, 4) is 5.75 Å².